The van der Waals surface area contributed by atoms with Crippen LogP contribution in [0.4, 0.5) is 0 Å². The molecule has 4 heteroatoms. The van der Waals surface area contributed by atoms with Crippen LogP contribution in [0.5, 0.6) is 0 Å². The quantitative estimate of drug-likeness (QED) is 0.829. The van der Waals surface area contributed by atoms with Crippen LogP contribution in [0.25, 0.3) is 0 Å². The molecular formula is C13H18N2O2. The summed E-state index contributed by atoms with van der Waals surface area (Å²) in [6.45, 7) is 2.37. The average molecular weight is 234 g/mol. The number of benzene rings is 1. The standard InChI is InChI=1S/C13H18N2O2/c1-10(16)8-14-13(17)12-6-4-11(5-7-12)9-15(2)3/h4-7H,8-9H2,1-3H3,(H,14,17). The van der Waals surface area contributed by atoms with Crippen molar-refractivity contribution in [3.05, 3.63) is 35.4 Å². The minimum absolute atomic E-state index is 0.0532. The second-order valence-electron chi connectivity index (χ2n) is 4.32. The fourth-order valence-electron chi connectivity index (χ4n) is 1.43. The Hall–Kier alpha value is -1.68. The Morgan fingerprint density at radius 2 is 1.76 bits per heavy atom. The molecule has 0 unspecified atom stereocenters. The van der Waals surface area contributed by atoms with Crippen molar-refractivity contribution in [2.24, 2.45) is 0 Å². The zero-order valence-electron chi connectivity index (χ0n) is 10.5. The second kappa shape index (κ2) is 6.15. The van der Waals surface area contributed by atoms with Gasteiger partial charge in [-0.3, -0.25) is 9.59 Å². The van der Waals surface area contributed by atoms with Crippen molar-refractivity contribution in [3.63, 3.8) is 0 Å². The molecular weight excluding hydrogens is 216 g/mol. The van der Waals surface area contributed by atoms with E-state index in [0.29, 0.717) is 5.56 Å². The summed E-state index contributed by atoms with van der Waals surface area (Å²) in [5.41, 5.74) is 1.73. The van der Waals surface area contributed by atoms with E-state index in [-0.39, 0.29) is 18.2 Å². The number of carbonyl (C=O) groups excluding carboxylic acids is 2. The molecule has 0 radical (unpaired) electrons. The maximum Gasteiger partial charge on any atom is 0.251 e. The maximum absolute atomic E-state index is 11.6. The summed E-state index contributed by atoms with van der Waals surface area (Å²) in [4.78, 5) is 24.4. The lowest BCUT2D eigenvalue weighted by Gasteiger charge is -2.10. The van der Waals surface area contributed by atoms with Crippen LogP contribution >= 0.6 is 0 Å². The van der Waals surface area contributed by atoms with Gasteiger partial charge < -0.3 is 10.2 Å². The van der Waals surface area contributed by atoms with Crippen LogP contribution in [0.3, 0.4) is 0 Å². The van der Waals surface area contributed by atoms with E-state index in [1.54, 1.807) is 12.1 Å². The van der Waals surface area contributed by atoms with Crippen LogP contribution < -0.4 is 5.32 Å². The molecule has 1 aromatic rings. The first-order valence-corrected chi connectivity index (χ1v) is 5.50. The highest BCUT2D eigenvalue weighted by atomic mass is 16.2. The third-order valence-electron chi connectivity index (χ3n) is 2.21. The van der Waals surface area contributed by atoms with Gasteiger partial charge in [0.05, 0.1) is 6.54 Å². The molecule has 0 bridgehead atoms. The van der Waals surface area contributed by atoms with Crippen LogP contribution in [-0.4, -0.2) is 37.2 Å². The molecule has 0 saturated carbocycles. The van der Waals surface area contributed by atoms with Crippen molar-refractivity contribution in [1.29, 1.82) is 0 Å². The molecule has 1 aromatic carbocycles. The molecule has 17 heavy (non-hydrogen) atoms. The van der Waals surface area contributed by atoms with Gasteiger partial charge in [0.25, 0.3) is 5.91 Å². The number of nitrogens with one attached hydrogen (secondary N) is 1. The Morgan fingerprint density at radius 1 is 1.18 bits per heavy atom. The van der Waals surface area contributed by atoms with E-state index in [2.05, 4.69) is 10.2 Å². The van der Waals surface area contributed by atoms with E-state index in [9.17, 15) is 9.59 Å². The molecule has 0 fully saturated rings. The lowest BCUT2D eigenvalue weighted by atomic mass is 10.1. The van der Waals surface area contributed by atoms with E-state index < -0.39 is 0 Å². The van der Waals surface area contributed by atoms with Crippen molar-refractivity contribution >= 4 is 11.7 Å². The predicted octanol–water partition coefficient (Wildman–Crippen LogP) is 1.07. The number of nitrogens with zero attached hydrogens (tertiary/aromatic N) is 1. The van der Waals surface area contributed by atoms with Crippen molar-refractivity contribution in [3.8, 4) is 0 Å². The molecule has 0 saturated heterocycles. The zero-order chi connectivity index (χ0) is 12.8. The minimum Gasteiger partial charge on any atom is -0.345 e. The summed E-state index contributed by atoms with van der Waals surface area (Å²) in [6, 6.07) is 7.38. The van der Waals surface area contributed by atoms with E-state index in [0.717, 1.165) is 12.1 Å². The molecule has 1 rings (SSSR count). The van der Waals surface area contributed by atoms with Crippen molar-refractivity contribution in [1.82, 2.24) is 10.2 Å². The molecule has 0 aromatic heterocycles. The predicted molar refractivity (Wildman–Crippen MR) is 66.8 cm³/mol. The third kappa shape index (κ3) is 4.78. The first-order valence-electron chi connectivity index (χ1n) is 5.50. The first-order chi connectivity index (χ1) is 7.99. The number of carbonyl (C=O) groups is 2. The molecule has 0 aliphatic heterocycles. The van der Waals surface area contributed by atoms with Crippen LogP contribution in [0.2, 0.25) is 0 Å². The molecule has 0 aliphatic rings. The Morgan fingerprint density at radius 3 is 2.24 bits per heavy atom. The lowest BCUT2D eigenvalue weighted by molar-refractivity contribution is -0.116. The van der Waals surface area contributed by atoms with Crippen LogP contribution in [0.15, 0.2) is 24.3 Å². The Labute approximate surface area is 102 Å². The van der Waals surface area contributed by atoms with Gasteiger partial charge in [-0.05, 0) is 38.7 Å². The Kier molecular flexibility index (Phi) is 4.84. The molecule has 0 spiro atoms. The molecule has 1 N–H and O–H groups in total. The fourth-order valence-corrected chi connectivity index (χ4v) is 1.43. The normalized spacial score (nSPS) is 10.4. The van der Waals surface area contributed by atoms with Gasteiger partial charge in [-0.2, -0.15) is 0 Å². The van der Waals surface area contributed by atoms with Crippen LogP contribution in [-0.2, 0) is 11.3 Å². The van der Waals surface area contributed by atoms with E-state index in [1.807, 2.05) is 26.2 Å². The Balaban J connectivity index is 2.60. The number of amides is 1. The number of rotatable bonds is 5. The second-order valence-corrected chi connectivity index (χ2v) is 4.32. The lowest BCUT2D eigenvalue weighted by Crippen LogP contribution is -2.28. The molecule has 0 atom stereocenters. The molecule has 0 heterocycles. The number of ketones is 1. The van der Waals surface area contributed by atoms with E-state index in [4.69, 9.17) is 0 Å². The molecule has 92 valence electrons. The topological polar surface area (TPSA) is 49.4 Å². The first kappa shape index (κ1) is 13.4. The number of hydrogen-bond donors (Lipinski definition) is 1. The zero-order valence-corrected chi connectivity index (χ0v) is 10.5. The van der Waals surface area contributed by atoms with Gasteiger partial charge in [-0.15, -0.1) is 0 Å². The summed E-state index contributed by atoms with van der Waals surface area (Å²) in [6.07, 6.45) is 0. The summed E-state index contributed by atoms with van der Waals surface area (Å²) in [5, 5.41) is 2.56. The van der Waals surface area contributed by atoms with Gasteiger partial charge in [0.15, 0.2) is 0 Å². The molecule has 1 amide bonds. The monoisotopic (exact) mass is 234 g/mol. The third-order valence-corrected chi connectivity index (χ3v) is 2.21. The van der Waals surface area contributed by atoms with Crippen molar-refractivity contribution < 1.29 is 9.59 Å². The van der Waals surface area contributed by atoms with Crippen molar-refractivity contribution in [2.45, 2.75) is 13.5 Å². The highest BCUT2D eigenvalue weighted by Gasteiger charge is 2.05. The van der Waals surface area contributed by atoms with Gasteiger partial charge in [0, 0.05) is 12.1 Å². The summed E-state index contributed by atoms with van der Waals surface area (Å²) < 4.78 is 0. The highest BCUT2D eigenvalue weighted by molar-refractivity contribution is 5.96. The van der Waals surface area contributed by atoms with Gasteiger partial charge in [0.2, 0.25) is 0 Å². The van der Waals surface area contributed by atoms with Gasteiger partial charge >= 0.3 is 0 Å². The van der Waals surface area contributed by atoms with Crippen LogP contribution in [0.1, 0.15) is 22.8 Å². The molecule has 0 aliphatic carbocycles. The van der Waals surface area contributed by atoms with Crippen LogP contribution in [0, 0.1) is 0 Å². The van der Waals surface area contributed by atoms with Gasteiger partial charge in [0.1, 0.15) is 5.78 Å². The van der Waals surface area contributed by atoms with Gasteiger partial charge in [-0.1, -0.05) is 12.1 Å². The largest absolute Gasteiger partial charge is 0.345 e. The summed E-state index contributed by atoms with van der Waals surface area (Å²) in [7, 11) is 3.99. The summed E-state index contributed by atoms with van der Waals surface area (Å²) in [5.74, 6) is -0.265. The minimum atomic E-state index is -0.211. The SMILES string of the molecule is CC(=O)CNC(=O)c1ccc(CN(C)C)cc1. The maximum atomic E-state index is 11.6. The van der Waals surface area contributed by atoms with E-state index >= 15 is 0 Å². The molecule has 4 nitrogen and oxygen atoms in total. The average Bonchev–Trinajstić information content (AvgIpc) is 2.26. The highest BCUT2D eigenvalue weighted by Crippen LogP contribution is 2.06. The van der Waals surface area contributed by atoms with Crippen molar-refractivity contribution in [2.75, 3.05) is 20.6 Å². The number of Topliss-reactive ketones (excluding diaryl/α,β-unsaturated/α-hetero) is 1. The fraction of sp³-hybridized carbons (Fsp3) is 0.385. The van der Waals surface area contributed by atoms with E-state index in [1.165, 1.54) is 6.92 Å². The Bertz CT molecular complexity index is 396. The summed E-state index contributed by atoms with van der Waals surface area (Å²) >= 11 is 0. The smallest absolute Gasteiger partial charge is 0.251 e. The van der Waals surface area contributed by atoms with Gasteiger partial charge in [-0.25, -0.2) is 0 Å². The number of hydrogen-bond acceptors (Lipinski definition) is 3.